The maximum Gasteiger partial charge on any atom is 0.151 e. The number of rotatable bonds is 3. The summed E-state index contributed by atoms with van der Waals surface area (Å²) in [6.07, 6.45) is 0. The van der Waals surface area contributed by atoms with Crippen molar-refractivity contribution in [1.29, 1.82) is 0 Å². The highest BCUT2D eigenvalue weighted by Crippen LogP contribution is 2.51. The third-order valence-electron chi connectivity index (χ3n) is 4.00. The normalized spacial score (nSPS) is 11.6. The highest BCUT2D eigenvalue weighted by atomic mass is 35.5. The molecular formula is C19H15Cl3P+. The molecule has 3 rings (SSSR count). The molecule has 116 valence electrons. The van der Waals surface area contributed by atoms with Gasteiger partial charge in [-0.15, -0.1) is 0 Å². The van der Waals surface area contributed by atoms with Crippen LogP contribution in [0.2, 0.25) is 15.1 Å². The zero-order valence-corrected chi connectivity index (χ0v) is 16.0. The minimum Gasteiger partial charge on any atom is -0.0838 e. The van der Waals surface area contributed by atoms with Gasteiger partial charge in [0.1, 0.15) is 0 Å². The second-order valence-electron chi connectivity index (χ2n) is 5.34. The molecule has 0 nitrogen and oxygen atoms in total. The van der Waals surface area contributed by atoms with Crippen molar-refractivity contribution >= 4 is 44.0 Å². The fourth-order valence-corrected chi connectivity index (χ4v) is 5.01. The lowest BCUT2D eigenvalue weighted by Gasteiger charge is -2.29. The summed E-state index contributed by atoms with van der Waals surface area (Å²) in [6.45, 7) is 0. The molecule has 1 unspecified atom stereocenters. The quantitative estimate of drug-likeness (QED) is 0.357. The average molecular weight is 381 g/mol. The van der Waals surface area contributed by atoms with Crippen LogP contribution in [0.15, 0.2) is 72.8 Å². The summed E-state index contributed by atoms with van der Waals surface area (Å²) < 4.78 is 0. The van der Waals surface area contributed by atoms with Crippen molar-refractivity contribution in [3.05, 3.63) is 105 Å². The molecule has 3 aromatic carbocycles. The van der Waals surface area contributed by atoms with E-state index in [1.807, 2.05) is 82.0 Å². The van der Waals surface area contributed by atoms with Crippen LogP contribution in [0, 0.1) is 0 Å². The molecule has 0 aliphatic rings. The maximum atomic E-state index is 6.53. The summed E-state index contributed by atoms with van der Waals surface area (Å²) in [5.74, 6) is 0. The summed E-state index contributed by atoms with van der Waals surface area (Å²) in [4.78, 5) is 0. The number of hydrogen-bond acceptors (Lipinski definition) is 0. The molecule has 0 spiro atoms. The van der Waals surface area contributed by atoms with Crippen LogP contribution in [0.4, 0.5) is 0 Å². The van der Waals surface area contributed by atoms with Crippen LogP contribution in [0.3, 0.4) is 0 Å². The summed E-state index contributed by atoms with van der Waals surface area (Å²) in [5, 5.41) is 1.57. The lowest BCUT2D eigenvalue weighted by molar-refractivity contribution is 0.897. The molecule has 1 atom stereocenters. The van der Waals surface area contributed by atoms with E-state index in [9.17, 15) is 0 Å². The van der Waals surface area contributed by atoms with Gasteiger partial charge in [-0.25, -0.2) is 0 Å². The Kier molecular flexibility index (Phi) is 4.99. The number of hydrogen-bond donors (Lipinski definition) is 0. The summed E-state index contributed by atoms with van der Waals surface area (Å²) in [5.41, 5.74) is 2.96. The minimum atomic E-state index is -0.519. The van der Waals surface area contributed by atoms with E-state index in [0.29, 0.717) is 15.1 Å². The average Bonchev–Trinajstić information content (AvgIpc) is 2.55. The molecule has 0 saturated carbocycles. The fourth-order valence-electron chi connectivity index (χ4n) is 2.86. The number of benzene rings is 3. The summed E-state index contributed by atoms with van der Waals surface area (Å²) in [7, 11) is 1.84. The highest BCUT2D eigenvalue weighted by Gasteiger charge is 2.41. The zero-order chi connectivity index (χ0) is 16.4. The number of halogens is 3. The van der Waals surface area contributed by atoms with Gasteiger partial charge in [0.15, 0.2) is 5.16 Å². The molecule has 0 N–H and O–H groups in total. The molecule has 0 fully saturated rings. The van der Waals surface area contributed by atoms with Crippen molar-refractivity contribution in [1.82, 2.24) is 0 Å². The van der Waals surface area contributed by atoms with Crippen LogP contribution < -0.4 is 0 Å². The third-order valence-corrected chi connectivity index (χ3v) is 6.13. The monoisotopic (exact) mass is 379 g/mol. The first-order valence-electron chi connectivity index (χ1n) is 7.15. The fraction of sp³-hybridized carbons (Fsp3) is 0.0526. The van der Waals surface area contributed by atoms with Gasteiger partial charge in [-0.05, 0) is 27.4 Å². The lowest BCUT2D eigenvalue weighted by Crippen LogP contribution is -2.23. The van der Waals surface area contributed by atoms with E-state index in [4.69, 9.17) is 34.8 Å². The van der Waals surface area contributed by atoms with Gasteiger partial charge < -0.3 is 0 Å². The van der Waals surface area contributed by atoms with Crippen LogP contribution in [0.5, 0.6) is 0 Å². The molecule has 23 heavy (non-hydrogen) atoms. The van der Waals surface area contributed by atoms with Crippen molar-refractivity contribution in [3.63, 3.8) is 0 Å². The first kappa shape index (κ1) is 16.8. The smallest absolute Gasteiger partial charge is 0.0838 e. The Morgan fingerprint density at radius 3 is 1.04 bits per heavy atom. The van der Waals surface area contributed by atoms with Gasteiger partial charge in [0.25, 0.3) is 0 Å². The van der Waals surface area contributed by atoms with Crippen LogP contribution >= 0.6 is 44.0 Å². The maximum absolute atomic E-state index is 6.53. The van der Waals surface area contributed by atoms with Crippen LogP contribution in [0.1, 0.15) is 16.7 Å². The van der Waals surface area contributed by atoms with Gasteiger partial charge >= 0.3 is 0 Å². The van der Waals surface area contributed by atoms with E-state index in [0.717, 1.165) is 16.7 Å². The van der Waals surface area contributed by atoms with Crippen LogP contribution in [-0.4, -0.2) is 0 Å². The minimum absolute atomic E-state index is 0.519. The highest BCUT2D eigenvalue weighted by molar-refractivity contribution is 7.19. The second kappa shape index (κ2) is 6.83. The molecule has 3 aromatic rings. The van der Waals surface area contributed by atoms with Gasteiger partial charge in [0.05, 0.1) is 0 Å². The summed E-state index contributed by atoms with van der Waals surface area (Å²) in [6, 6.07) is 23.5. The predicted molar refractivity (Wildman–Crippen MR) is 105 cm³/mol. The standard InChI is InChI=1S/C19H14Cl3P/c20-16-10-4-1-7-13(16)19(23,14-8-2-5-11-17(14)21)15-9-3-6-12-18(15)22/h1-12H,23H2/p+1. The molecule has 0 bridgehead atoms. The van der Waals surface area contributed by atoms with Crippen molar-refractivity contribution in [2.45, 2.75) is 5.16 Å². The van der Waals surface area contributed by atoms with Gasteiger partial charge in [-0.1, -0.05) is 89.4 Å². The molecule has 4 heteroatoms. The molecular weight excluding hydrogens is 366 g/mol. The molecule has 0 heterocycles. The van der Waals surface area contributed by atoms with E-state index < -0.39 is 5.16 Å². The molecule has 0 aromatic heterocycles. The Labute approximate surface area is 153 Å². The third kappa shape index (κ3) is 3.02. The zero-order valence-electron chi connectivity index (χ0n) is 12.3. The Hall–Kier alpha value is -1.04. The van der Waals surface area contributed by atoms with Gasteiger partial charge in [0, 0.05) is 31.8 Å². The topological polar surface area (TPSA) is 0 Å². The first-order chi connectivity index (χ1) is 11.0. The molecule has 0 aliphatic heterocycles. The SMILES string of the molecule is [PH3+]C(c1ccccc1Cl)(c1ccccc1Cl)c1ccccc1Cl. The van der Waals surface area contributed by atoms with E-state index in [-0.39, 0.29) is 0 Å². The summed E-state index contributed by atoms with van der Waals surface area (Å²) >= 11 is 19.6. The largest absolute Gasteiger partial charge is 0.151 e. The van der Waals surface area contributed by atoms with Gasteiger partial charge in [0.2, 0.25) is 0 Å². The van der Waals surface area contributed by atoms with E-state index >= 15 is 0 Å². The predicted octanol–water partition coefficient (Wildman–Crippen LogP) is 6.55. The van der Waals surface area contributed by atoms with E-state index in [1.165, 1.54) is 0 Å². The van der Waals surface area contributed by atoms with Crippen LogP contribution in [0.25, 0.3) is 0 Å². The van der Waals surface area contributed by atoms with Crippen molar-refractivity contribution in [2.75, 3.05) is 0 Å². The van der Waals surface area contributed by atoms with Crippen molar-refractivity contribution in [3.8, 4) is 0 Å². The lowest BCUT2D eigenvalue weighted by atomic mass is 9.83. The Bertz CT molecular complexity index is 734. The Balaban J connectivity index is 2.38. The van der Waals surface area contributed by atoms with Crippen molar-refractivity contribution < 1.29 is 0 Å². The molecule has 0 saturated heterocycles. The molecule has 0 amide bonds. The van der Waals surface area contributed by atoms with Crippen LogP contribution in [-0.2, 0) is 5.16 Å². The van der Waals surface area contributed by atoms with Gasteiger partial charge in [-0.2, -0.15) is 0 Å². The second-order valence-corrected chi connectivity index (χ2v) is 7.63. The van der Waals surface area contributed by atoms with E-state index in [2.05, 4.69) is 0 Å². The van der Waals surface area contributed by atoms with E-state index in [1.54, 1.807) is 0 Å². The molecule has 0 radical (unpaired) electrons. The Morgan fingerprint density at radius 1 is 0.522 bits per heavy atom. The van der Waals surface area contributed by atoms with Crippen molar-refractivity contribution in [2.24, 2.45) is 0 Å². The first-order valence-corrected chi connectivity index (χ1v) is 8.99. The molecule has 0 aliphatic carbocycles. The van der Waals surface area contributed by atoms with Gasteiger partial charge in [-0.3, -0.25) is 0 Å². The Morgan fingerprint density at radius 2 is 0.783 bits per heavy atom.